The highest BCUT2D eigenvalue weighted by molar-refractivity contribution is 5.89. The first-order valence-electron chi connectivity index (χ1n) is 8.14. The Morgan fingerprint density at radius 1 is 1.28 bits per heavy atom. The van der Waals surface area contributed by atoms with Gasteiger partial charge in [-0.1, -0.05) is 18.2 Å². The second-order valence-electron chi connectivity index (χ2n) is 5.95. The van der Waals surface area contributed by atoms with Crippen LogP contribution in [0.3, 0.4) is 0 Å². The Kier molecular flexibility index (Phi) is 4.07. The van der Waals surface area contributed by atoms with E-state index in [-0.39, 0.29) is 30.5 Å². The summed E-state index contributed by atoms with van der Waals surface area (Å²) in [5, 5.41) is 0. The molecule has 3 heterocycles. The van der Waals surface area contributed by atoms with Gasteiger partial charge in [0.25, 0.3) is 5.56 Å². The third-order valence-electron chi connectivity index (χ3n) is 4.31. The predicted octanol–water partition coefficient (Wildman–Crippen LogP) is 2.26. The topological polar surface area (TPSA) is 86.2 Å². The van der Waals surface area contributed by atoms with Crippen molar-refractivity contribution in [3.8, 4) is 0 Å². The lowest BCUT2D eigenvalue weighted by molar-refractivity contribution is -0.0307. The molecule has 0 bridgehead atoms. The lowest BCUT2D eigenvalue weighted by Gasteiger charge is -2.15. The van der Waals surface area contributed by atoms with Gasteiger partial charge in [0, 0.05) is 6.20 Å². The van der Waals surface area contributed by atoms with Crippen LogP contribution in [0.15, 0.2) is 53.7 Å². The van der Waals surface area contributed by atoms with Gasteiger partial charge in [-0.05, 0) is 31.0 Å². The van der Waals surface area contributed by atoms with Crippen molar-refractivity contribution < 1.29 is 14.3 Å². The number of hydrogen-bond acceptors (Lipinski definition) is 5. The summed E-state index contributed by atoms with van der Waals surface area (Å²) in [6.07, 6.45) is 4.37. The zero-order valence-electron chi connectivity index (χ0n) is 13.4. The van der Waals surface area contributed by atoms with E-state index in [1.54, 1.807) is 42.9 Å². The zero-order valence-corrected chi connectivity index (χ0v) is 13.4. The third-order valence-corrected chi connectivity index (χ3v) is 4.31. The van der Waals surface area contributed by atoms with E-state index >= 15 is 0 Å². The second kappa shape index (κ2) is 6.52. The molecule has 1 aliphatic heterocycles. The summed E-state index contributed by atoms with van der Waals surface area (Å²) in [6, 6.07) is 10.7. The number of pyridine rings is 1. The number of rotatable bonds is 4. The average molecular weight is 339 g/mol. The van der Waals surface area contributed by atoms with Crippen molar-refractivity contribution >= 4 is 17.0 Å². The molecule has 1 aliphatic rings. The highest BCUT2D eigenvalue weighted by atomic mass is 16.6. The van der Waals surface area contributed by atoms with Gasteiger partial charge in [0.2, 0.25) is 0 Å². The number of benzene rings is 1. The monoisotopic (exact) mass is 339 g/mol. The number of hydrogen-bond donors (Lipinski definition) is 1. The summed E-state index contributed by atoms with van der Waals surface area (Å²) < 4.78 is 13.2. The molecule has 3 aromatic rings. The van der Waals surface area contributed by atoms with E-state index in [1.807, 2.05) is 10.6 Å². The summed E-state index contributed by atoms with van der Waals surface area (Å²) >= 11 is 0. The van der Waals surface area contributed by atoms with Gasteiger partial charge in [-0.25, -0.2) is 9.78 Å². The van der Waals surface area contributed by atoms with Crippen molar-refractivity contribution in [2.45, 2.75) is 25.2 Å². The van der Waals surface area contributed by atoms with Crippen molar-refractivity contribution in [3.63, 3.8) is 0 Å². The molecule has 7 heteroatoms. The van der Waals surface area contributed by atoms with Crippen molar-refractivity contribution in [3.05, 3.63) is 64.8 Å². The van der Waals surface area contributed by atoms with E-state index in [0.29, 0.717) is 11.1 Å². The fraction of sp³-hybridized carbons (Fsp3) is 0.278. The Morgan fingerprint density at radius 3 is 2.96 bits per heavy atom. The van der Waals surface area contributed by atoms with E-state index in [0.717, 1.165) is 18.4 Å². The summed E-state index contributed by atoms with van der Waals surface area (Å²) in [4.78, 5) is 30.5. The largest absolute Gasteiger partial charge is 0.459 e. The molecule has 0 saturated carbocycles. The Bertz CT molecular complexity index is 948. The molecule has 0 amide bonds. The highest BCUT2D eigenvalue weighted by Crippen LogP contribution is 2.30. The van der Waals surface area contributed by atoms with Crippen LogP contribution in [0.1, 0.15) is 29.4 Å². The first-order chi connectivity index (χ1) is 12.2. The summed E-state index contributed by atoms with van der Waals surface area (Å²) in [5.74, 6) is -0.354. The van der Waals surface area contributed by atoms with Crippen LogP contribution in [-0.2, 0) is 9.47 Å². The van der Waals surface area contributed by atoms with Crippen LogP contribution in [0.4, 0.5) is 0 Å². The molecule has 25 heavy (non-hydrogen) atoms. The normalized spacial score (nSPS) is 20.0. The molecule has 4 rings (SSSR count). The van der Waals surface area contributed by atoms with Crippen LogP contribution >= 0.6 is 0 Å². The van der Waals surface area contributed by atoms with Gasteiger partial charge < -0.3 is 19.0 Å². The van der Waals surface area contributed by atoms with E-state index < -0.39 is 0 Å². The lowest BCUT2D eigenvalue weighted by atomic mass is 10.2. The van der Waals surface area contributed by atoms with Crippen molar-refractivity contribution in [1.82, 2.24) is 14.5 Å². The van der Waals surface area contributed by atoms with Gasteiger partial charge in [0.05, 0.1) is 23.5 Å². The van der Waals surface area contributed by atoms with Crippen molar-refractivity contribution in [2.24, 2.45) is 0 Å². The molecule has 0 spiro atoms. The molecule has 2 atom stereocenters. The van der Waals surface area contributed by atoms with Gasteiger partial charge >= 0.3 is 5.97 Å². The Balaban J connectivity index is 1.40. The minimum Gasteiger partial charge on any atom is -0.459 e. The molecule has 0 unspecified atom stereocenters. The van der Waals surface area contributed by atoms with Crippen LogP contribution in [0.2, 0.25) is 0 Å². The zero-order chi connectivity index (χ0) is 17.2. The number of nitrogens with zero attached hydrogens (tertiary/aromatic N) is 2. The second-order valence-corrected chi connectivity index (χ2v) is 5.95. The quantitative estimate of drug-likeness (QED) is 0.737. The van der Waals surface area contributed by atoms with Crippen molar-refractivity contribution in [2.75, 3.05) is 6.61 Å². The van der Waals surface area contributed by atoms with Gasteiger partial charge in [-0.3, -0.25) is 4.79 Å². The molecule has 0 radical (unpaired) electrons. The molecule has 0 aliphatic carbocycles. The number of carbonyl (C=O) groups is 1. The Labute approximate surface area is 143 Å². The molecule has 2 aromatic heterocycles. The van der Waals surface area contributed by atoms with Gasteiger partial charge in [-0.2, -0.15) is 0 Å². The average Bonchev–Trinajstić information content (AvgIpc) is 3.27. The molecular weight excluding hydrogens is 322 g/mol. The number of carbonyl (C=O) groups excluding carboxylic acids is 1. The number of esters is 1. The third kappa shape index (κ3) is 3.06. The Morgan fingerprint density at radius 2 is 2.12 bits per heavy atom. The fourth-order valence-corrected chi connectivity index (χ4v) is 3.04. The Hall–Kier alpha value is -2.93. The molecule has 7 nitrogen and oxygen atoms in total. The van der Waals surface area contributed by atoms with Gasteiger partial charge in [0.1, 0.15) is 12.8 Å². The number of fused-ring (bicyclic) bond motifs is 1. The maximum absolute atomic E-state index is 12.0. The standard InChI is InChI=1S/C18H17N3O4/c22-17-16-14(8-9-19-17)21(11-20-16)15-7-6-13(25-15)10-24-18(23)12-4-2-1-3-5-12/h1-5,8-9,11,13,15H,6-7,10H2,(H,19,22)/t13-,15-/m1/s1. The number of H-pyrrole nitrogens is 1. The lowest BCUT2D eigenvalue weighted by Crippen LogP contribution is -2.19. The van der Waals surface area contributed by atoms with Gasteiger partial charge in [0.15, 0.2) is 5.52 Å². The molecule has 128 valence electrons. The van der Waals surface area contributed by atoms with Gasteiger partial charge in [-0.15, -0.1) is 0 Å². The molecule has 1 fully saturated rings. The number of imidazole rings is 1. The maximum Gasteiger partial charge on any atom is 0.338 e. The first-order valence-corrected chi connectivity index (χ1v) is 8.14. The molecule has 1 aromatic carbocycles. The van der Waals surface area contributed by atoms with E-state index in [1.165, 1.54) is 0 Å². The summed E-state index contributed by atoms with van der Waals surface area (Å²) in [6.45, 7) is 0.206. The first kappa shape index (κ1) is 15.6. The van der Waals surface area contributed by atoms with Crippen LogP contribution in [0.5, 0.6) is 0 Å². The van der Waals surface area contributed by atoms with Crippen LogP contribution < -0.4 is 5.56 Å². The fourth-order valence-electron chi connectivity index (χ4n) is 3.04. The smallest absolute Gasteiger partial charge is 0.338 e. The van der Waals surface area contributed by atoms with Crippen LogP contribution in [0, 0.1) is 0 Å². The molecule has 1 saturated heterocycles. The minimum atomic E-state index is -0.354. The number of aromatic nitrogens is 3. The predicted molar refractivity (Wildman–Crippen MR) is 90.2 cm³/mol. The SMILES string of the molecule is O=C(OC[C@H]1CC[C@H](n2cnc3c(=O)[nH]ccc32)O1)c1ccccc1. The summed E-state index contributed by atoms with van der Waals surface area (Å²) in [7, 11) is 0. The number of nitrogens with one attached hydrogen (secondary N) is 1. The van der Waals surface area contributed by atoms with E-state index in [9.17, 15) is 9.59 Å². The highest BCUT2D eigenvalue weighted by Gasteiger charge is 2.28. The summed E-state index contributed by atoms with van der Waals surface area (Å²) in [5.41, 5.74) is 1.43. The van der Waals surface area contributed by atoms with Crippen LogP contribution in [0.25, 0.3) is 11.0 Å². The minimum absolute atomic E-state index is 0.169. The molecular formula is C18H17N3O4. The van der Waals surface area contributed by atoms with E-state index in [4.69, 9.17) is 9.47 Å². The van der Waals surface area contributed by atoms with E-state index in [2.05, 4.69) is 9.97 Å². The van der Waals surface area contributed by atoms with Crippen molar-refractivity contribution in [1.29, 1.82) is 0 Å². The van der Waals surface area contributed by atoms with Crippen LogP contribution in [-0.4, -0.2) is 33.2 Å². The molecule has 1 N–H and O–H groups in total. The number of ether oxygens (including phenoxy) is 2. The maximum atomic E-state index is 12.0. The number of aromatic amines is 1.